The lowest BCUT2D eigenvalue weighted by Gasteiger charge is -2.09. The molecule has 1 atom stereocenters. The van der Waals surface area contributed by atoms with E-state index < -0.39 is 0 Å². The number of aryl methyl sites for hydroxylation is 1. The van der Waals surface area contributed by atoms with Crippen LogP contribution in [0.4, 0.5) is 0 Å². The highest BCUT2D eigenvalue weighted by Gasteiger charge is 2.03. The summed E-state index contributed by atoms with van der Waals surface area (Å²) in [6, 6.07) is 18.2. The Kier molecular flexibility index (Phi) is 6.02. The number of hydrogen-bond acceptors (Lipinski definition) is 2. The molecule has 0 spiro atoms. The summed E-state index contributed by atoms with van der Waals surface area (Å²) >= 11 is 0. The first-order chi connectivity index (χ1) is 10.3. The molecule has 2 heteroatoms. The Bertz CT molecular complexity index is 593. The van der Waals surface area contributed by atoms with Crippen molar-refractivity contribution in [3.63, 3.8) is 0 Å². The predicted molar refractivity (Wildman–Crippen MR) is 86.7 cm³/mol. The first kappa shape index (κ1) is 15.3. The molecule has 0 aliphatic carbocycles. The van der Waals surface area contributed by atoms with E-state index in [0.29, 0.717) is 6.42 Å². The van der Waals surface area contributed by atoms with E-state index in [0.717, 1.165) is 24.0 Å². The fourth-order valence-electron chi connectivity index (χ4n) is 2.14. The van der Waals surface area contributed by atoms with Gasteiger partial charge in [-0.25, -0.2) is 0 Å². The fraction of sp³-hybridized carbons (Fsp3) is 0.263. The lowest BCUT2D eigenvalue weighted by atomic mass is 10.0. The first-order valence-corrected chi connectivity index (χ1v) is 7.29. The minimum absolute atomic E-state index is 0.102. The van der Waals surface area contributed by atoms with E-state index in [9.17, 15) is 0 Å². The first-order valence-electron chi connectivity index (χ1n) is 7.29. The predicted octanol–water partition coefficient (Wildman–Crippen LogP) is 3.05. The molecule has 0 radical (unpaired) electrons. The van der Waals surface area contributed by atoms with Gasteiger partial charge in [0.1, 0.15) is 0 Å². The molecule has 0 aromatic heterocycles. The molecule has 2 rings (SSSR count). The monoisotopic (exact) mass is 279 g/mol. The van der Waals surface area contributed by atoms with Crippen LogP contribution in [0.25, 0.3) is 0 Å². The van der Waals surface area contributed by atoms with Crippen molar-refractivity contribution in [2.45, 2.75) is 25.3 Å². The van der Waals surface area contributed by atoms with Gasteiger partial charge in [0.25, 0.3) is 0 Å². The molecule has 0 bridgehead atoms. The van der Waals surface area contributed by atoms with Crippen LogP contribution in [0.1, 0.15) is 35.6 Å². The molecule has 2 aromatic rings. The van der Waals surface area contributed by atoms with Crippen molar-refractivity contribution in [1.82, 2.24) is 0 Å². The third kappa shape index (κ3) is 5.07. The molecular weight excluding hydrogens is 258 g/mol. The SMILES string of the molecule is NC(CCO)c1ccc(C#CCCc2ccccc2)cc1. The maximum absolute atomic E-state index is 8.89. The van der Waals surface area contributed by atoms with E-state index in [1.807, 2.05) is 30.3 Å². The summed E-state index contributed by atoms with van der Waals surface area (Å²) in [5, 5.41) is 8.89. The summed E-state index contributed by atoms with van der Waals surface area (Å²) < 4.78 is 0. The molecule has 0 saturated carbocycles. The highest BCUT2D eigenvalue weighted by Crippen LogP contribution is 2.14. The van der Waals surface area contributed by atoms with E-state index in [1.165, 1.54) is 5.56 Å². The van der Waals surface area contributed by atoms with Gasteiger partial charge in [-0.15, -0.1) is 0 Å². The van der Waals surface area contributed by atoms with Gasteiger partial charge >= 0.3 is 0 Å². The summed E-state index contributed by atoms with van der Waals surface area (Å²) in [4.78, 5) is 0. The Labute approximate surface area is 126 Å². The van der Waals surface area contributed by atoms with Gasteiger partial charge in [0, 0.05) is 24.6 Å². The van der Waals surface area contributed by atoms with Crippen molar-refractivity contribution >= 4 is 0 Å². The van der Waals surface area contributed by atoms with Gasteiger partial charge in [0.05, 0.1) is 0 Å². The largest absolute Gasteiger partial charge is 0.396 e. The molecule has 0 aliphatic heterocycles. The van der Waals surface area contributed by atoms with E-state index >= 15 is 0 Å². The summed E-state index contributed by atoms with van der Waals surface area (Å²) in [7, 11) is 0. The summed E-state index contributed by atoms with van der Waals surface area (Å²) in [5.74, 6) is 6.38. The van der Waals surface area contributed by atoms with Gasteiger partial charge in [0.15, 0.2) is 0 Å². The van der Waals surface area contributed by atoms with Gasteiger partial charge < -0.3 is 10.8 Å². The third-order valence-corrected chi connectivity index (χ3v) is 3.39. The van der Waals surface area contributed by atoms with E-state index in [2.05, 4.69) is 36.1 Å². The average Bonchev–Trinajstić information content (AvgIpc) is 2.53. The molecule has 0 amide bonds. The summed E-state index contributed by atoms with van der Waals surface area (Å²) in [5.41, 5.74) is 9.31. The van der Waals surface area contributed by atoms with Crippen molar-refractivity contribution in [2.75, 3.05) is 6.61 Å². The van der Waals surface area contributed by atoms with Crippen LogP contribution >= 0.6 is 0 Å². The Morgan fingerprint density at radius 3 is 2.38 bits per heavy atom. The molecule has 0 aliphatic rings. The van der Waals surface area contributed by atoms with Crippen LogP contribution in [0, 0.1) is 11.8 Å². The highest BCUT2D eigenvalue weighted by atomic mass is 16.3. The Hall–Kier alpha value is -2.08. The van der Waals surface area contributed by atoms with Crippen molar-refractivity contribution in [3.05, 3.63) is 71.3 Å². The van der Waals surface area contributed by atoms with Gasteiger partial charge in [0.2, 0.25) is 0 Å². The smallest absolute Gasteiger partial charge is 0.0449 e. The second-order valence-electron chi connectivity index (χ2n) is 5.03. The van der Waals surface area contributed by atoms with Crippen LogP contribution in [0.2, 0.25) is 0 Å². The van der Waals surface area contributed by atoms with Crippen LogP contribution in [0.3, 0.4) is 0 Å². The number of aliphatic hydroxyl groups is 1. The highest BCUT2D eigenvalue weighted by molar-refractivity contribution is 5.37. The van der Waals surface area contributed by atoms with Crippen LogP contribution in [0.15, 0.2) is 54.6 Å². The molecular formula is C19H21NO. The molecule has 0 heterocycles. The lowest BCUT2D eigenvalue weighted by Crippen LogP contribution is -2.11. The zero-order valence-corrected chi connectivity index (χ0v) is 12.1. The molecule has 0 saturated heterocycles. The maximum atomic E-state index is 8.89. The van der Waals surface area contributed by atoms with E-state index in [-0.39, 0.29) is 12.6 Å². The molecule has 1 unspecified atom stereocenters. The van der Waals surface area contributed by atoms with E-state index in [1.54, 1.807) is 0 Å². The van der Waals surface area contributed by atoms with Gasteiger partial charge in [-0.1, -0.05) is 54.3 Å². The second-order valence-corrected chi connectivity index (χ2v) is 5.03. The molecule has 108 valence electrons. The fourth-order valence-corrected chi connectivity index (χ4v) is 2.14. The summed E-state index contributed by atoms with van der Waals surface area (Å²) in [6.45, 7) is 0.113. The minimum atomic E-state index is -0.102. The standard InChI is InChI=1S/C19H21NO/c20-19(14-15-21)18-12-10-17(11-13-18)9-5-4-8-16-6-2-1-3-7-16/h1-3,6-7,10-13,19,21H,4,8,14-15,20H2. The van der Waals surface area contributed by atoms with Crippen LogP contribution < -0.4 is 5.73 Å². The molecule has 0 fully saturated rings. The number of aliphatic hydroxyl groups excluding tert-OH is 1. The maximum Gasteiger partial charge on any atom is 0.0449 e. The van der Waals surface area contributed by atoms with Crippen LogP contribution in [0.5, 0.6) is 0 Å². The Morgan fingerprint density at radius 1 is 1.00 bits per heavy atom. The summed E-state index contributed by atoms with van der Waals surface area (Å²) in [6.07, 6.45) is 2.42. The quantitative estimate of drug-likeness (QED) is 0.826. The van der Waals surface area contributed by atoms with E-state index in [4.69, 9.17) is 10.8 Å². The van der Waals surface area contributed by atoms with Crippen LogP contribution in [-0.4, -0.2) is 11.7 Å². The number of benzene rings is 2. The average molecular weight is 279 g/mol. The van der Waals surface area contributed by atoms with Gasteiger partial charge in [-0.3, -0.25) is 0 Å². The normalized spacial score (nSPS) is 11.5. The number of nitrogens with two attached hydrogens (primary N) is 1. The second kappa shape index (κ2) is 8.26. The van der Waals surface area contributed by atoms with Crippen LogP contribution in [-0.2, 0) is 6.42 Å². The van der Waals surface area contributed by atoms with Crippen molar-refractivity contribution in [1.29, 1.82) is 0 Å². The zero-order valence-electron chi connectivity index (χ0n) is 12.1. The Balaban J connectivity index is 1.87. The van der Waals surface area contributed by atoms with Crippen molar-refractivity contribution in [2.24, 2.45) is 5.73 Å². The third-order valence-electron chi connectivity index (χ3n) is 3.39. The van der Waals surface area contributed by atoms with Crippen molar-refractivity contribution < 1.29 is 5.11 Å². The molecule has 21 heavy (non-hydrogen) atoms. The minimum Gasteiger partial charge on any atom is -0.396 e. The topological polar surface area (TPSA) is 46.2 Å². The Morgan fingerprint density at radius 2 is 1.71 bits per heavy atom. The zero-order chi connectivity index (χ0) is 14.9. The van der Waals surface area contributed by atoms with Gasteiger partial charge in [-0.2, -0.15) is 0 Å². The van der Waals surface area contributed by atoms with Gasteiger partial charge in [-0.05, 0) is 36.1 Å². The molecule has 2 aromatic carbocycles. The molecule has 3 N–H and O–H groups in total. The lowest BCUT2D eigenvalue weighted by molar-refractivity contribution is 0.276. The molecule has 2 nitrogen and oxygen atoms in total. The number of hydrogen-bond donors (Lipinski definition) is 2. The van der Waals surface area contributed by atoms with Crippen molar-refractivity contribution in [3.8, 4) is 11.8 Å². The number of rotatable bonds is 5.